The molecule has 0 saturated heterocycles. The van der Waals surface area contributed by atoms with E-state index >= 15 is 0 Å². The normalized spacial score (nSPS) is 19.0. The van der Waals surface area contributed by atoms with Crippen LogP contribution in [0.4, 0.5) is 0 Å². The zero-order valence-corrected chi connectivity index (χ0v) is 14.6. The molecule has 1 aliphatic rings. The van der Waals surface area contributed by atoms with Crippen molar-refractivity contribution in [3.63, 3.8) is 0 Å². The third-order valence-corrected chi connectivity index (χ3v) is 5.55. The molecule has 0 aliphatic carbocycles. The van der Waals surface area contributed by atoms with Gasteiger partial charge < -0.3 is 5.32 Å². The lowest BCUT2D eigenvalue weighted by Gasteiger charge is -2.29. The first-order chi connectivity index (χ1) is 10.2. The van der Waals surface area contributed by atoms with Gasteiger partial charge in [-0.2, -0.15) is 0 Å². The van der Waals surface area contributed by atoms with Crippen LogP contribution in [0.15, 0.2) is 57.9 Å². The molecule has 0 bridgehead atoms. The predicted molar refractivity (Wildman–Crippen MR) is 95.0 cm³/mol. The van der Waals surface area contributed by atoms with Crippen LogP contribution < -0.4 is 5.32 Å². The molecule has 0 fully saturated rings. The minimum atomic E-state index is 0.479. The molecule has 2 unspecified atom stereocenters. The van der Waals surface area contributed by atoms with Crippen LogP contribution in [-0.4, -0.2) is 11.8 Å². The van der Waals surface area contributed by atoms with E-state index in [0.29, 0.717) is 12.1 Å². The Morgan fingerprint density at radius 2 is 1.95 bits per heavy atom. The summed E-state index contributed by atoms with van der Waals surface area (Å²) in [6.45, 7) is 2.28. The van der Waals surface area contributed by atoms with Crippen LogP contribution in [0.3, 0.4) is 0 Å². The van der Waals surface area contributed by atoms with Crippen molar-refractivity contribution in [1.29, 1.82) is 0 Å². The zero-order valence-electron chi connectivity index (χ0n) is 12.2. The van der Waals surface area contributed by atoms with Gasteiger partial charge in [-0.25, -0.2) is 0 Å². The molecule has 0 aromatic heterocycles. The number of nitrogens with one attached hydrogen (secondary N) is 1. The number of benzene rings is 2. The number of hydrogen-bond donors (Lipinski definition) is 1. The fraction of sp³-hybridized carbons (Fsp3) is 0.333. The van der Waals surface area contributed by atoms with Crippen LogP contribution in [0.25, 0.3) is 0 Å². The predicted octanol–water partition coefficient (Wildman–Crippen LogP) is 5.21. The molecular weight excluding hydrogens is 342 g/mol. The molecule has 21 heavy (non-hydrogen) atoms. The third-order valence-electron chi connectivity index (χ3n) is 3.90. The number of fused-ring (bicyclic) bond motifs is 1. The molecule has 2 atom stereocenters. The van der Waals surface area contributed by atoms with Gasteiger partial charge in [0.2, 0.25) is 0 Å². The van der Waals surface area contributed by atoms with E-state index in [-0.39, 0.29) is 0 Å². The highest BCUT2D eigenvalue weighted by Gasteiger charge is 2.21. The van der Waals surface area contributed by atoms with Crippen LogP contribution in [0, 0.1) is 0 Å². The number of hydrogen-bond acceptors (Lipinski definition) is 2. The third kappa shape index (κ3) is 3.91. The second-order valence-corrected chi connectivity index (χ2v) is 7.68. The molecule has 3 rings (SSSR count). The standard InChI is InChI=1S/C18H20BrNS/c1-13(12-14-6-8-15(19)9-7-14)20-17-10-11-21-18-5-3-2-4-16(17)18/h2-9,13,17,20H,10-12H2,1H3. The van der Waals surface area contributed by atoms with Crippen molar-refractivity contribution >= 4 is 27.7 Å². The van der Waals surface area contributed by atoms with Crippen molar-refractivity contribution in [3.8, 4) is 0 Å². The monoisotopic (exact) mass is 361 g/mol. The summed E-state index contributed by atoms with van der Waals surface area (Å²) in [6, 6.07) is 18.4. The molecule has 0 amide bonds. The van der Waals surface area contributed by atoms with E-state index in [1.165, 1.54) is 28.2 Å². The molecule has 0 saturated carbocycles. The van der Waals surface area contributed by atoms with Gasteiger partial charge in [0, 0.05) is 21.5 Å². The molecular formula is C18H20BrNS. The summed E-state index contributed by atoms with van der Waals surface area (Å²) in [6.07, 6.45) is 2.28. The zero-order chi connectivity index (χ0) is 14.7. The number of thioether (sulfide) groups is 1. The fourth-order valence-electron chi connectivity index (χ4n) is 2.89. The molecule has 2 aromatic carbocycles. The Hall–Kier alpha value is -0.770. The van der Waals surface area contributed by atoms with Crippen molar-refractivity contribution in [2.24, 2.45) is 0 Å². The van der Waals surface area contributed by atoms with Crippen LogP contribution in [0.1, 0.15) is 30.5 Å². The lowest BCUT2D eigenvalue weighted by atomic mass is 10.0. The van der Waals surface area contributed by atoms with E-state index in [1.807, 2.05) is 11.8 Å². The first-order valence-electron chi connectivity index (χ1n) is 7.44. The van der Waals surface area contributed by atoms with Gasteiger partial charge in [-0.1, -0.05) is 46.3 Å². The Kier molecular flexibility index (Phi) is 5.04. The topological polar surface area (TPSA) is 12.0 Å². The van der Waals surface area contributed by atoms with Gasteiger partial charge in [0.25, 0.3) is 0 Å². The second-order valence-electron chi connectivity index (χ2n) is 5.63. The molecule has 1 aliphatic heterocycles. The minimum absolute atomic E-state index is 0.479. The maximum Gasteiger partial charge on any atom is 0.0341 e. The molecule has 2 aromatic rings. The summed E-state index contributed by atoms with van der Waals surface area (Å²) < 4.78 is 1.14. The van der Waals surface area contributed by atoms with Gasteiger partial charge in [0.05, 0.1) is 0 Å². The van der Waals surface area contributed by atoms with Gasteiger partial charge >= 0.3 is 0 Å². The largest absolute Gasteiger partial charge is 0.307 e. The van der Waals surface area contributed by atoms with Gasteiger partial charge in [-0.15, -0.1) is 11.8 Å². The Morgan fingerprint density at radius 1 is 1.19 bits per heavy atom. The molecule has 3 heteroatoms. The molecule has 0 radical (unpaired) electrons. The lowest BCUT2D eigenvalue weighted by molar-refractivity contribution is 0.438. The summed E-state index contributed by atoms with van der Waals surface area (Å²) in [4.78, 5) is 1.44. The van der Waals surface area contributed by atoms with E-state index < -0.39 is 0 Å². The van der Waals surface area contributed by atoms with Crippen molar-refractivity contribution < 1.29 is 0 Å². The minimum Gasteiger partial charge on any atom is -0.307 e. The Balaban J connectivity index is 1.65. The van der Waals surface area contributed by atoms with Crippen LogP contribution in [-0.2, 0) is 6.42 Å². The Labute approximate surface area is 139 Å². The lowest BCUT2D eigenvalue weighted by Crippen LogP contribution is -2.33. The van der Waals surface area contributed by atoms with Gasteiger partial charge in [0.1, 0.15) is 0 Å². The van der Waals surface area contributed by atoms with Gasteiger partial charge in [0.15, 0.2) is 0 Å². The Bertz CT molecular complexity index is 596. The number of rotatable bonds is 4. The highest BCUT2D eigenvalue weighted by atomic mass is 79.9. The molecule has 0 spiro atoms. The van der Waals surface area contributed by atoms with Gasteiger partial charge in [-0.05, 0) is 54.8 Å². The average molecular weight is 362 g/mol. The first-order valence-corrected chi connectivity index (χ1v) is 9.22. The molecule has 110 valence electrons. The maximum atomic E-state index is 3.81. The van der Waals surface area contributed by atoms with Crippen LogP contribution in [0.5, 0.6) is 0 Å². The van der Waals surface area contributed by atoms with Crippen molar-refractivity contribution in [3.05, 3.63) is 64.1 Å². The number of halogens is 1. The molecule has 1 nitrogen and oxygen atoms in total. The fourth-order valence-corrected chi connectivity index (χ4v) is 4.28. The summed E-state index contributed by atoms with van der Waals surface area (Å²) in [5.74, 6) is 1.21. The SMILES string of the molecule is CC(Cc1ccc(Br)cc1)NC1CCSc2ccccc21. The van der Waals surface area contributed by atoms with E-state index in [4.69, 9.17) is 0 Å². The average Bonchev–Trinajstić information content (AvgIpc) is 2.50. The van der Waals surface area contributed by atoms with E-state index in [2.05, 4.69) is 76.7 Å². The van der Waals surface area contributed by atoms with Crippen LogP contribution >= 0.6 is 27.7 Å². The van der Waals surface area contributed by atoms with Gasteiger partial charge in [-0.3, -0.25) is 0 Å². The maximum absolute atomic E-state index is 3.81. The van der Waals surface area contributed by atoms with E-state index in [1.54, 1.807) is 0 Å². The summed E-state index contributed by atoms with van der Waals surface area (Å²) in [5, 5.41) is 3.81. The Morgan fingerprint density at radius 3 is 2.76 bits per heavy atom. The van der Waals surface area contributed by atoms with E-state index in [9.17, 15) is 0 Å². The van der Waals surface area contributed by atoms with Crippen LogP contribution in [0.2, 0.25) is 0 Å². The van der Waals surface area contributed by atoms with Crippen molar-refractivity contribution in [1.82, 2.24) is 5.32 Å². The smallest absolute Gasteiger partial charge is 0.0341 e. The quantitative estimate of drug-likeness (QED) is 0.802. The summed E-state index contributed by atoms with van der Waals surface area (Å²) >= 11 is 5.47. The molecule has 1 N–H and O–H groups in total. The summed E-state index contributed by atoms with van der Waals surface area (Å²) in [7, 11) is 0. The molecule has 1 heterocycles. The first kappa shape index (κ1) is 15.1. The highest BCUT2D eigenvalue weighted by molar-refractivity contribution is 9.10. The van der Waals surface area contributed by atoms with Crippen molar-refractivity contribution in [2.45, 2.75) is 36.7 Å². The van der Waals surface area contributed by atoms with E-state index in [0.717, 1.165) is 10.9 Å². The second kappa shape index (κ2) is 6.99. The summed E-state index contributed by atoms with van der Waals surface area (Å²) in [5.41, 5.74) is 2.85. The highest BCUT2D eigenvalue weighted by Crippen LogP contribution is 2.36. The van der Waals surface area contributed by atoms with Crippen molar-refractivity contribution in [2.75, 3.05) is 5.75 Å².